The molecule has 140 heavy (non-hydrogen) atoms. The van der Waals surface area contributed by atoms with Crippen LogP contribution in [0.25, 0.3) is 66.8 Å². The Hall–Kier alpha value is -14.4. The van der Waals surface area contributed by atoms with Gasteiger partial charge in [0.05, 0.1) is 19.1 Å². The number of allylic oxidation sites excluding steroid dienone is 4. The third-order valence-electron chi connectivity index (χ3n) is 33.1. The molecular formula is C134H121N3O3. The fraction of sp³-hybridized carbons (Fsp3) is 0.224. The lowest BCUT2D eigenvalue weighted by Crippen LogP contribution is -2.52. The maximum Gasteiger partial charge on any atom is 0.120 e. The summed E-state index contributed by atoms with van der Waals surface area (Å²) < 4.78 is 23.6. The molecule has 0 aliphatic heterocycles. The van der Waals surface area contributed by atoms with E-state index in [2.05, 4.69) is 502 Å². The Balaban J connectivity index is 0.597. The van der Waals surface area contributed by atoms with Crippen LogP contribution in [0.5, 0.6) is 5.75 Å². The Labute approximate surface area is 827 Å². The zero-order valence-corrected chi connectivity index (χ0v) is 83.5. The molecule has 0 radical (unpaired) electrons. The standard InChI is InChI=1S/C134H121N3O3/c1-84-68-85(2)78-133(77-84,139-82-89-46-52-93(53-47-89)136(97-58-64-110-104-34-19-25-40-116(104)129(9,10)122(110)73-97)98-59-65-111-105-35-20-26-41-117(105)130(11,12)123(111)74-98)126(91-30-29-31-101(70-91)138-81-88-44-50-92(51-45-88)135(95-56-62-108-102-32-17-23-38-114(102)127(5,6)120(108)71-95)96-57-63-109-103-33-18-24-39-115(103)128(7,8)121(109)72-96)134(79-86(3)69-87(4)80-134)140-83-90-48-54-94(55-49-90)137(99-60-66-112-106-36-21-27-42-118(106)131(13,14)124(112)75-99)100-61-67-113-107-37-22-28-43-119(107)132(15,16)125(113)76-100/h17-77,79,126H,78,80-83H2,1-16H3. The lowest BCUT2D eigenvalue weighted by molar-refractivity contribution is -0.122. The largest absolute Gasteiger partial charge is 0.489 e. The number of nitrogens with zero attached hydrogens (tertiary/aromatic N) is 3. The number of fused-ring (bicyclic) bond motifs is 18. The molecule has 0 heterocycles. The molecule has 6 heteroatoms. The van der Waals surface area contributed by atoms with Crippen LogP contribution in [0.3, 0.4) is 0 Å². The lowest BCUT2D eigenvalue weighted by atomic mass is 9.63. The summed E-state index contributed by atoms with van der Waals surface area (Å²) in [7, 11) is 0. The average Bonchev–Trinajstić information content (AvgIpc) is 1.68. The summed E-state index contributed by atoms with van der Waals surface area (Å²) in [4.78, 5) is 7.42. The molecule has 0 bridgehead atoms. The Morgan fingerprint density at radius 3 is 0.707 bits per heavy atom. The molecule has 8 aliphatic rings. The van der Waals surface area contributed by atoms with Crippen LogP contribution in [-0.2, 0) is 61.8 Å². The second-order valence-corrected chi connectivity index (χ2v) is 44.3. The van der Waals surface area contributed by atoms with E-state index in [-0.39, 0.29) is 32.5 Å². The maximum atomic E-state index is 8.18. The molecule has 0 saturated carbocycles. The minimum absolute atomic E-state index is 0.184. The van der Waals surface area contributed by atoms with E-state index in [1.165, 1.54) is 145 Å². The first kappa shape index (κ1) is 88.3. The van der Waals surface area contributed by atoms with Crippen LogP contribution in [0.2, 0.25) is 0 Å². The van der Waals surface area contributed by atoms with Crippen molar-refractivity contribution >= 4 is 51.2 Å². The Morgan fingerprint density at radius 2 is 0.457 bits per heavy atom. The molecule has 24 rings (SSSR count). The quantitative estimate of drug-likeness (QED) is 0.0714. The summed E-state index contributed by atoms with van der Waals surface area (Å²) in [5.41, 5.74) is 47.6. The maximum absolute atomic E-state index is 8.18. The van der Waals surface area contributed by atoms with Crippen molar-refractivity contribution < 1.29 is 14.2 Å². The van der Waals surface area contributed by atoms with Crippen LogP contribution in [0.15, 0.2) is 398 Å². The number of hydrogen-bond acceptors (Lipinski definition) is 6. The highest BCUT2D eigenvalue weighted by molar-refractivity contribution is 5.94. The van der Waals surface area contributed by atoms with Gasteiger partial charge in [0, 0.05) is 96.5 Å². The van der Waals surface area contributed by atoms with Gasteiger partial charge in [-0.3, -0.25) is 0 Å². The van der Waals surface area contributed by atoms with Crippen molar-refractivity contribution in [3.63, 3.8) is 0 Å². The molecule has 6 nitrogen and oxygen atoms in total. The molecule has 16 aromatic rings. The third kappa shape index (κ3) is 14.1. The normalized spacial score (nSPS) is 18.5. The van der Waals surface area contributed by atoms with Gasteiger partial charge in [-0.2, -0.15) is 0 Å². The number of anilines is 9. The third-order valence-corrected chi connectivity index (χ3v) is 33.1. The highest BCUT2D eigenvalue weighted by Gasteiger charge is 2.54. The van der Waals surface area contributed by atoms with Crippen molar-refractivity contribution in [3.8, 4) is 72.5 Å². The molecule has 0 aromatic heterocycles. The Kier molecular flexibility index (Phi) is 20.6. The van der Waals surface area contributed by atoms with Crippen LogP contribution >= 0.6 is 0 Å². The van der Waals surface area contributed by atoms with Gasteiger partial charge in [0.2, 0.25) is 0 Å². The fourth-order valence-electron chi connectivity index (χ4n) is 26.3. The number of rotatable bonds is 21. The summed E-state index contributed by atoms with van der Waals surface area (Å²) in [6.07, 6.45) is 10.8. The minimum atomic E-state index is -0.981. The van der Waals surface area contributed by atoms with E-state index in [0.29, 0.717) is 32.7 Å². The first-order chi connectivity index (χ1) is 67.4. The van der Waals surface area contributed by atoms with Crippen molar-refractivity contribution in [2.24, 2.45) is 0 Å². The number of benzene rings is 16. The monoisotopic (exact) mass is 1820 g/mol. The number of hydrogen-bond donors (Lipinski definition) is 0. The van der Waals surface area contributed by atoms with Gasteiger partial charge < -0.3 is 28.9 Å². The van der Waals surface area contributed by atoms with E-state index in [4.69, 9.17) is 14.2 Å². The van der Waals surface area contributed by atoms with Crippen molar-refractivity contribution in [2.45, 2.75) is 193 Å². The van der Waals surface area contributed by atoms with Crippen LogP contribution in [0.1, 0.15) is 219 Å². The summed E-state index contributed by atoms with van der Waals surface area (Å²) >= 11 is 0. The van der Waals surface area contributed by atoms with E-state index in [9.17, 15) is 0 Å². The molecular weight excluding hydrogens is 1700 g/mol. The zero-order chi connectivity index (χ0) is 96.1. The van der Waals surface area contributed by atoms with Gasteiger partial charge in [-0.25, -0.2) is 0 Å². The number of ether oxygens (including phenoxy) is 3. The van der Waals surface area contributed by atoms with Gasteiger partial charge >= 0.3 is 0 Å². The highest BCUT2D eigenvalue weighted by Crippen LogP contribution is 2.61. The molecule has 16 aromatic carbocycles. The van der Waals surface area contributed by atoms with Crippen molar-refractivity contribution in [2.75, 3.05) is 14.7 Å². The molecule has 2 atom stereocenters. The topological polar surface area (TPSA) is 37.4 Å². The molecule has 0 N–H and O–H groups in total. The SMILES string of the molecule is CC1=CC(OCc2ccc(N(c3ccc4c(c3)C(C)(C)c3ccccc3-4)c3ccc4c(c3)C(C)(C)c3ccccc3-4)cc2)(C(c2cccc(OCc3ccc(N(c4ccc5c(c4)C(C)(C)c4ccccc4-5)c4ccc5c(c4)C(C)(C)c4ccccc4-5)cc3)c2)C2(OCc3ccc(N(c4ccc5c(c4)C(C)(C)c4ccccc4-5)c4ccc5c(c4)C(C)(C)c4ccccc4-5)cc3)C=C(C)C=C(C)C2)CC(C)=C1. The Morgan fingerprint density at radius 1 is 0.229 bits per heavy atom. The molecule has 0 saturated heterocycles. The lowest BCUT2D eigenvalue weighted by Gasteiger charge is -2.51. The van der Waals surface area contributed by atoms with E-state index in [1.807, 2.05) is 0 Å². The minimum Gasteiger partial charge on any atom is -0.489 e. The predicted octanol–water partition coefficient (Wildman–Crippen LogP) is 35.1. The van der Waals surface area contributed by atoms with Gasteiger partial charge in [0.1, 0.15) is 23.6 Å². The second kappa shape index (κ2) is 32.6. The first-order valence-electron chi connectivity index (χ1n) is 50.3. The molecule has 8 aliphatic carbocycles. The van der Waals surface area contributed by atoms with E-state index in [1.54, 1.807) is 0 Å². The van der Waals surface area contributed by atoms with Crippen LogP contribution in [0.4, 0.5) is 51.2 Å². The van der Waals surface area contributed by atoms with Crippen LogP contribution in [0, 0.1) is 0 Å². The van der Waals surface area contributed by atoms with Gasteiger partial charge in [0.15, 0.2) is 0 Å². The van der Waals surface area contributed by atoms with E-state index in [0.717, 1.165) is 90.3 Å². The summed E-state index contributed by atoms with van der Waals surface area (Å²) in [6, 6.07) is 133. The van der Waals surface area contributed by atoms with Gasteiger partial charge in [-0.05, 0) is 317 Å². The average molecular weight is 1820 g/mol. The molecule has 0 spiro atoms. The van der Waals surface area contributed by atoms with Crippen molar-refractivity contribution in [1.82, 2.24) is 0 Å². The van der Waals surface area contributed by atoms with Crippen LogP contribution in [-0.4, -0.2) is 11.2 Å². The first-order valence-corrected chi connectivity index (χ1v) is 50.3. The predicted molar refractivity (Wildman–Crippen MR) is 582 cm³/mol. The second-order valence-electron chi connectivity index (χ2n) is 44.3. The smallest absolute Gasteiger partial charge is 0.120 e. The van der Waals surface area contributed by atoms with Gasteiger partial charge in [0.25, 0.3) is 0 Å². The fourth-order valence-corrected chi connectivity index (χ4v) is 26.3. The van der Waals surface area contributed by atoms with Crippen LogP contribution < -0.4 is 19.4 Å². The summed E-state index contributed by atoms with van der Waals surface area (Å²) in [5, 5.41) is 0. The molecule has 690 valence electrons. The van der Waals surface area contributed by atoms with Gasteiger partial charge in [-0.1, -0.05) is 348 Å². The molecule has 0 amide bonds. The van der Waals surface area contributed by atoms with E-state index < -0.39 is 17.1 Å². The summed E-state index contributed by atoms with van der Waals surface area (Å²) in [5.74, 6) is 0.319. The van der Waals surface area contributed by atoms with Crippen molar-refractivity contribution in [3.05, 3.63) is 487 Å². The summed E-state index contributed by atoms with van der Waals surface area (Å²) in [6.45, 7) is 38.6. The van der Waals surface area contributed by atoms with Crippen molar-refractivity contribution in [1.29, 1.82) is 0 Å². The Bertz CT molecular complexity index is 7300. The molecule has 0 fully saturated rings. The van der Waals surface area contributed by atoms with Gasteiger partial charge in [-0.15, -0.1) is 0 Å². The highest BCUT2D eigenvalue weighted by atomic mass is 16.5. The zero-order valence-electron chi connectivity index (χ0n) is 83.5. The van der Waals surface area contributed by atoms with E-state index >= 15 is 0 Å². The molecule has 2 unspecified atom stereocenters.